The van der Waals surface area contributed by atoms with Gasteiger partial charge in [0, 0.05) is 18.2 Å². The summed E-state index contributed by atoms with van der Waals surface area (Å²) in [7, 11) is 1.65. The third kappa shape index (κ3) is 6.20. The molecule has 2 atom stereocenters. The number of nitrogens with two attached hydrogens (primary N) is 1. The van der Waals surface area contributed by atoms with Crippen LogP contribution in [0.25, 0.3) is 0 Å². The smallest absolute Gasteiger partial charge is 0.0977 e. The summed E-state index contributed by atoms with van der Waals surface area (Å²) in [6.07, 6.45) is 0.673. The highest BCUT2D eigenvalue weighted by Crippen LogP contribution is 2.24. The summed E-state index contributed by atoms with van der Waals surface area (Å²) in [5.41, 5.74) is 7.14. The molecule has 0 aliphatic rings. The molecule has 2 unspecified atom stereocenters. The van der Waals surface area contributed by atoms with Crippen molar-refractivity contribution in [1.82, 2.24) is 0 Å². The lowest BCUT2D eigenvalue weighted by atomic mass is 10.0. The zero-order chi connectivity index (χ0) is 14.8. The molecule has 20 heavy (non-hydrogen) atoms. The summed E-state index contributed by atoms with van der Waals surface area (Å²) in [4.78, 5) is 0. The van der Waals surface area contributed by atoms with Crippen molar-refractivity contribution in [3.05, 3.63) is 34.9 Å². The van der Waals surface area contributed by atoms with Crippen LogP contribution in [0.15, 0.2) is 24.3 Å². The SMILES string of the molecule is CCC(N)C(OCCOCCOC)c1cccc(Cl)c1. The molecule has 0 spiro atoms. The van der Waals surface area contributed by atoms with Crippen LogP contribution >= 0.6 is 11.6 Å². The fourth-order valence-corrected chi connectivity index (χ4v) is 2.04. The second-order valence-corrected chi connectivity index (χ2v) is 4.96. The maximum atomic E-state index is 6.13. The van der Waals surface area contributed by atoms with Gasteiger partial charge in [-0.25, -0.2) is 0 Å². The number of hydrogen-bond acceptors (Lipinski definition) is 4. The van der Waals surface area contributed by atoms with Gasteiger partial charge in [-0.1, -0.05) is 30.7 Å². The van der Waals surface area contributed by atoms with E-state index in [2.05, 4.69) is 0 Å². The van der Waals surface area contributed by atoms with Crippen molar-refractivity contribution < 1.29 is 14.2 Å². The van der Waals surface area contributed by atoms with Crippen molar-refractivity contribution in [2.75, 3.05) is 33.5 Å². The molecule has 0 saturated carbocycles. The Balaban J connectivity index is 2.49. The van der Waals surface area contributed by atoms with Crippen molar-refractivity contribution in [1.29, 1.82) is 0 Å². The Labute approximate surface area is 126 Å². The zero-order valence-corrected chi connectivity index (χ0v) is 12.9. The lowest BCUT2D eigenvalue weighted by Crippen LogP contribution is -2.30. The van der Waals surface area contributed by atoms with Crippen LogP contribution in [0, 0.1) is 0 Å². The largest absolute Gasteiger partial charge is 0.382 e. The maximum Gasteiger partial charge on any atom is 0.0977 e. The molecule has 0 aliphatic carbocycles. The molecule has 0 heterocycles. The van der Waals surface area contributed by atoms with Gasteiger partial charge in [0.05, 0.1) is 32.5 Å². The molecule has 0 aromatic heterocycles. The predicted molar refractivity (Wildman–Crippen MR) is 81.1 cm³/mol. The monoisotopic (exact) mass is 301 g/mol. The molecule has 0 bridgehead atoms. The number of halogens is 1. The van der Waals surface area contributed by atoms with E-state index in [-0.39, 0.29) is 12.1 Å². The summed E-state index contributed by atoms with van der Waals surface area (Å²) in [6.45, 7) is 4.22. The van der Waals surface area contributed by atoms with Gasteiger partial charge in [0.25, 0.3) is 0 Å². The van der Waals surface area contributed by atoms with Crippen LogP contribution in [0.4, 0.5) is 0 Å². The van der Waals surface area contributed by atoms with Gasteiger partial charge in [0.15, 0.2) is 0 Å². The summed E-state index contributed by atoms with van der Waals surface area (Å²) in [5, 5.41) is 0.691. The van der Waals surface area contributed by atoms with E-state index < -0.39 is 0 Å². The summed E-state index contributed by atoms with van der Waals surface area (Å²) >= 11 is 6.02. The molecule has 114 valence electrons. The number of rotatable bonds is 10. The number of ether oxygens (including phenoxy) is 3. The third-order valence-corrected chi connectivity index (χ3v) is 3.23. The Morgan fingerprint density at radius 1 is 1.20 bits per heavy atom. The highest BCUT2D eigenvalue weighted by molar-refractivity contribution is 6.30. The van der Waals surface area contributed by atoms with E-state index >= 15 is 0 Å². The molecule has 1 rings (SSSR count). The Kier molecular flexibility index (Phi) is 8.82. The van der Waals surface area contributed by atoms with Gasteiger partial charge in [0.1, 0.15) is 0 Å². The third-order valence-electron chi connectivity index (χ3n) is 2.99. The van der Waals surface area contributed by atoms with Gasteiger partial charge in [-0.3, -0.25) is 0 Å². The first-order chi connectivity index (χ1) is 9.69. The minimum atomic E-state index is -0.162. The molecule has 0 aliphatic heterocycles. The number of hydrogen-bond donors (Lipinski definition) is 1. The molecule has 2 N–H and O–H groups in total. The first kappa shape index (κ1) is 17.4. The van der Waals surface area contributed by atoms with Crippen molar-refractivity contribution in [3.8, 4) is 0 Å². The average Bonchev–Trinajstić information content (AvgIpc) is 2.46. The molecular formula is C15H24ClNO3. The van der Waals surface area contributed by atoms with Crippen LogP contribution in [-0.2, 0) is 14.2 Å². The molecule has 0 fully saturated rings. The van der Waals surface area contributed by atoms with E-state index in [1.165, 1.54) is 0 Å². The Morgan fingerprint density at radius 3 is 2.60 bits per heavy atom. The summed E-state index contributed by atoms with van der Waals surface area (Å²) in [6, 6.07) is 7.57. The van der Waals surface area contributed by atoms with E-state index in [1.807, 2.05) is 31.2 Å². The van der Waals surface area contributed by atoms with Gasteiger partial charge >= 0.3 is 0 Å². The minimum absolute atomic E-state index is 0.0626. The minimum Gasteiger partial charge on any atom is -0.382 e. The quantitative estimate of drug-likeness (QED) is 0.675. The molecule has 1 aromatic carbocycles. The molecular weight excluding hydrogens is 278 g/mol. The lowest BCUT2D eigenvalue weighted by Gasteiger charge is -2.24. The zero-order valence-electron chi connectivity index (χ0n) is 12.2. The number of benzene rings is 1. The van der Waals surface area contributed by atoms with E-state index in [9.17, 15) is 0 Å². The van der Waals surface area contributed by atoms with E-state index in [0.29, 0.717) is 31.5 Å². The van der Waals surface area contributed by atoms with Crippen LogP contribution in [0.2, 0.25) is 5.02 Å². The van der Waals surface area contributed by atoms with Crippen LogP contribution in [0.3, 0.4) is 0 Å². The summed E-state index contributed by atoms with van der Waals surface area (Å²) < 4.78 is 16.2. The predicted octanol–water partition coefficient (Wildman–Crippen LogP) is 2.80. The molecule has 1 aromatic rings. The fraction of sp³-hybridized carbons (Fsp3) is 0.600. The van der Waals surface area contributed by atoms with Crippen molar-refractivity contribution in [2.45, 2.75) is 25.5 Å². The van der Waals surface area contributed by atoms with E-state index in [0.717, 1.165) is 12.0 Å². The maximum absolute atomic E-state index is 6.13. The second-order valence-electron chi connectivity index (χ2n) is 4.52. The van der Waals surface area contributed by atoms with Crippen LogP contribution in [0.5, 0.6) is 0 Å². The van der Waals surface area contributed by atoms with Gasteiger partial charge < -0.3 is 19.9 Å². The van der Waals surface area contributed by atoms with Crippen LogP contribution in [0.1, 0.15) is 25.0 Å². The topological polar surface area (TPSA) is 53.7 Å². The molecule has 0 saturated heterocycles. The number of methoxy groups -OCH3 is 1. The van der Waals surface area contributed by atoms with Crippen LogP contribution < -0.4 is 5.73 Å². The van der Waals surface area contributed by atoms with E-state index in [4.69, 9.17) is 31.5 Å². The Morgan fingerprint density at radius 2 is 1.95 bits per heavy atom. The van der Waals surface area contributed by atoms with E-state index in [1.54, 1.807) is 7.11 Å². The Bertz CT molecular complexity index is 376. The normalized spacial score (nSPS) is 14.2. The Hall–Kier alpha value is -0.650. The summed E-state index contributed by atoms with van der Waals surface area (Å²) in [5.74, 6) is 0. The standard InChI is InChI=1S/C15H24ClNO3/c1-3-14(17)15(12-5-4-6-13(16)11-12)20-10-9-19-8-7-18-2/h4-6,11,14-15H,3,7-10,17H2,1-2H3. The highest BCUT2D eigenvalue weighted by atomic mass is 35.5. The molecule has 0 radical (unpaired) electrons. The first-order valence-electron chi connectivity index (χ1n) is 6.88. The fourth-order valence-electron chi connectivity index (χ4n) is 1.84. The lowest BCUT2D eigenvalue weighted by molar-refractivity contribution is -0.0165. The second kappa shape index (κ2) is 10.1. The van der Waals surface area contributed by atoms with Crippen molar-refractivity contribution in [2.24, 2.45) is 5.73 Å². The highest BCUT2D eigenvalue weighted by Gasteiger charge is 2.19. The van der Waals surface area contributed by atoms with Gasteiger partial charge in [0.2, 0.25) is 0 Å². The van der Waals surface area contributed by atoms with Gasteiger partial charge in [-0.2, -0.15) is 0 Å². The van der Waals surface area contributed by atoms with Gasteiger partial charge in [-0.05, 0) is 24.1 Å². The average molecular weight is 302 g/mol. The van der Waals surface area contributed by atoms with Gasteiger partial charge in [-0.15, -0.1) is 0 Å². The van der Waals surface area contributed by atoms with Crippen molar-refractivity contribution in [3.63, 3.8) is 0 Å². The molecule has 0 amide bonds. The first-order valence-corrected chi connectivity index (χ1v) is 7.26. The molecule has 5 heteroatoms. The van der Waals surface area contributed by atoms with Crippen LogP contribution in [-0.4, -0.2) is 39.6 Å². The molecule has 4 nitrogen and oxygen atoms in total. The van der Waals surface area contributed by atoms with Crippen molar-refractivity contribution >= 4 is 11.6 Å².